The van der Waals surface area contributed by atoms with E-state index in [-0.39, 0.29) is 18.3 Å². The van der Waals surface area contributed by atoms with Gasteiger partial charge in [0, 0.05) is 17.6 Å². The van der Waals surface area contributed by atoms with Crippen molar-refractivity contribution in [2.45, 2.75) is 79.5 Å². The van der Waals surface area contributed by atoms with Gasteiger partial charge in [0.15, 0.2) is 0 Å². The van der Waals surface area contributed by atoms with Crippen molar-refractivity contribution in [2.75, 3.05) is 0 Å². The highest BCUT2D eigenvalue weighted by atomic mass is 32.1. The van der Waals surface area contributed by atoms with E-state index in [1.54, 1.807) is 11.3 Å². The first-order valence-electron chi connectivity index (χ1n) is 6.36. The number of thiazole rings is 1. The minimum Gasteiger partial charge on any atom is -0.245 e. The van der Waals surface area contributed by atoms with Crippen molar-refractivity contribution < 1.29 is 1.37 Å². The molecule has 0 spiro atoms. The Balaban J connectivity index is 0.00000289. The van der Waals surface area contributed by atoms with Gasteiger partial charge < -0.3 is 0 Å². The third-order valence-corrected chi connectivity index (χ3v) is 4.15. The number of hydrogen-bond donors (Lipinski definition) is 0. The molecule has 0 aliphatic carbocycles. The Labute approximate surface area is 113 Å². The van der Waals surface area contributed by atoms with E-state index in [0.29, 0.717) is 0 Å². The molecule has 0 N–H and O–H groups in total. The summed E-state index contributed by atoms with van der Waals surface area (Å²) in [6.45, 7) is 17.0. The first-order chi connectivity index (χ1) is 7.33. The summed E-state index contributed by atoms with van der Waals surface area (Å²) in [4.78, 5) is 6.07. The zero-order valence-electron chi connectivity index (χ0n) is 12.9. The topological polar surface area (TPSA) is 12.9 Å². The van der Waals surface area contributed by atoms with Crippen molar-refractivity contribution >= 4 is 11.3 Å². The molecule has 17 heavy (non-hydrogen) atoms. The van der Waals surface area contributed by atoms with Crippen LogP contribution in [0.3, 0.4) is 0 Å². The Morgan fingerprint density at radius 2 is 1.53 bits per heavy atom. The molecular weight excluding hydrogens is 226 g/mol. The fourth-order valence-corrected chi connectivity index (χ4v) is 2.84. The van der Waals surface area contributed by atoms with Crippen molar-refractivity contribution in [2.24, 2.45) is 0 Å². The monoisotopic (exact) mass is 257 g/mol. The zero-order chi connectivity index (χ0) is 13.6. The van der Waals surface area contributed by atoms with Gasteiger partial charge in [-0.3, -0.25) is 0 Å². The second kappa shape index (κ2) is 5.09. The van der Waals surface area contributed by atoms with Crippen molar-refractivity contribution in [3.63, 3.8) is 0 Å². The van der Waals surface area contributed by atoms with Crippen LogP contribution < -0.4 is 0 Å². The summed E-state index contributed by atoms with van der Waals surface area (Å²) in [5.74, 6) is -0.603. The average Bonchev–Trinajstić information content (AvgIpc) is 2.42. The van der Waals surface area contributed by atoms with Crippen LogP contribution in [0.1, 0.15) is 85.7 Å². The van der Waals surface area contributed by atoms with Crippen LogP contribution in [0.25, 0.3) is 0 Å². The van der Waals surface area contributed by atoms with E-state index in [9.17, 15) is 0 Å². The van der Waals surface area contributed by atoms with E-state index in [0.717, 1.165) is 10.7 Å². The lowest BCUT2D eigenvalue weighted by molar-refractivity contribution is 0.525. The molecule has 0 radical (unpaired) electrons. The molecule has 1 aromatic heterocycles. The van der Waals surface area contributed by atoms with Gasteiger partial charge in [0.05, 0.1) is 10.7 Å². The molecule has 0 fully saturated rings. The van der Waals surface area contributed by atoms with Crippen molar-refractivity contribution in [1.29, 1.82) is 0 Å². The minimum absolute atomic E-state index is 0. The first kappa shape index (κ1) is 14.7. The fourth-order valence-electron chi connectivity index (χ4n) is 1.55. The molecule has 2 heteroatoms. The smallest absolute Gasteiger partial charge is 0.0956 e. The third kappa shape index (κ3) is 3.80. The van der Waals surface area contributed by atoms with Crippen LogP contribution >= 0.6 is 11.3 Å². The molecule has 0 saturated carbocycles. The molecule has 0 unspecified atom stereocenters. The van der Waals surface area contributed by atoms with Crippen molar-refractivity contribution in [1.82, 2.24) is 4.98 Å². The van der Waals surface area contributed by atoms with Crippen LogP contribution in [0.4, 0.5) is 0 Å². The van der Waals surface area contributed by atoms with E-state index in [4.69, 9.17) is 6.35 Å². The van der Waals surface area contributed by atoms with Gasteiger partial charge in [0.25, 0.3) is 0 Å². The average molecular weight is 257 g/mol. The van der Waals surface area contributed by atoms with Crippen molar-refractivity contribution in [3.8, 4) is 0 Å². The number of nitrogens with zero attached hydrogens (tertiary/aromatic N) is 1. The summed E-state index contributed by atoms with van der Waals surface area (Å²) in [7, 11) is 0. The maximum Gasteiger partial charge on any atom is 0.0956 e. The molecule has 1 aromatic rings. The van der Waals surface area contributed by atoms with Gasteiger partial charge in [-0.05, 0) is 5.41 Å². The summed E-state index contributed by atoms with van der Waals surface area (Å²) in [5, 5.41) is 0.923. The zero-order valence-corrected chi connectivity index (χ0v) is 12.7. The summed E-state index contributed by atoms with van der Waals surface area (Å²) >= 11 is 1.70. The van der Waals surface area contributed by atoms with Gasteiger partial charge in [0.1, 0.15) is 0 Å². The minimum atomic E-state index is -0.603. The Morgan fingerprint density at radius 3 is 1.76 bits per heavy atom. The van der Waals surface area contributed by atoms with E-state index in [1.165, 1.54) is 4.88 Å². The van der Waals surface area contributed by atoms with E-state index >= 15 is 0 Å². The van der Waals surface area contributed by atoms with Crippen LogP contribution in [-0.2, 0) is 10.8 Å². The molecule has 0 saturated heterocycles. The van der Waals surface area contributed by atoms with Gasteiger partial charge in [-0.25, -0.2) is 4.98 Å². The van der Waals surface area contributed by atoms with Crippen LogP contribution in [0.15, 0.2) is 0 Å². The highest BCUT2D eigenvalue weighted by Gasteiger charge is 2.30. The quantitative estimate of drug-likeness (QED) is 0.647. The molecule has 1 nitrogen and oxygen atoms in total. The van der Waals surface area contributed by atoms with E-state index in [2.05, 4.69) is 41.5 Å². The van der Waals surface area contributed by atoms with E-state index < -0.39 is 5.89 Å². The van der Waals surface area contributed by atoms with Gasteiger partial charge >= 0.3 is 0 Å². The number of hydrogen-bond acceptors (Lipinski definition) is 2. The maximum absolute atomic E-state index is 8.14. The lowest BCUT2D eigenvalue weighted by atomic mass is 9.84. The Hall–Kier alpha value is -0.370. The predicted octanol–water partition coefficient (Wildman–Crippen LogP) is 5.50. The summed E-state index contributed by atoms with van der Waals surface area (Å²) in [6, 6.07) is 0. The largest absolute Gasteiger partial charge is 0.245 e. The lowest BCUT2D eigenvalue weighted by Gasteiger charge is -2.24. The lowest BCUT2D eigenvalue weighted by Crippen LogP contribution is -2.20. The molecule has 0 bridgehead atoms. The number of rotatable bonds is 1. The second-order valence-corrected chi connectivity index (χ2v) is 7.70. The normalized spacial score (nSPS) is 14.2. The van der Waals surface area contributed by atoms with Crippen LogP contribution in [0, 0.1) is 0 Å². The maximum atomic E-state index is 8.14. The molecule has 0 aliphatic heterocycles. The van der Waals surface area contributed by atoms with E-state index in [1.807, 2.05) is 13.8 Å². The van der Waals surface area contributed by atoms with Gasteiger partial charge in [0.2, 0.25) is 0 Å². The highest BCUT2D eigenvalue weighted by molar-refractivity contribution is 7.12. The van der Waals surface area contributed by atoms with Crippen molar-refractivity contribution in [3.05, 3.63) is 15.6 Å². The van der Waals surface area contributed by atoms with Crippen LogP contribution in [0.2, 0.25) is 0 Å². The van der Waals surface area contributed by atoms with Crippen LogP contribution in [0.5, 0.6) is 0 Å². The Kier molecular flexibility index (Phi) is 4.40. The predicted molar refractivity (Wildman–Crippen MR) is 80.3 cm³/mol. The summed E-state index contributed by atoms with van der Waals surface area (Å²) < 4.78 is 8.14. The first-order valence-corrected chi connectivity index (χ1v) is 6.67. The molecule has 100 valence electrons. The molecule has 0 aromatic carbocycles. The SMILES string of the molecule is C.[3H]C(C)(C)c1nc(C(C)(C)C)c(C(C)(C)C)s1. The fraction of sp³-hybridized carbons (Fsp3) is 0.800. The van der Waals surface area contributed by atoms with Gasteiger partial charge in [-0.15, -0.1) is 11.3 Å². The third-order valence-electron chi connectivity index (χ3n) is 2.45. The molecule has 0 atom stereocenters. The molecule has 1 rings (SSSR count). The summed E-state index contributed by atoms with van der Waals surface area (Å²) in [6.07, 6.45) is 0. The standard InChI is InChI=1S/C14H25NS.CH4/c1-9(2)12-15-10(13(3,4)5)11(16-12)14(6,7)8;/h9H,1-8H3;1H4/i9T;. The number of aromatic nitrogens is 1. The summed E-state index contributed by atoms with van der Waals surface area (Å²) in [5.41, 5.74) is 1.30. The van der Waals surface area contributed by atoms with Gasteiger partial charge in [-0.1, -0.05) is 62.8 Å². The molecule has 0 amide bonds. The molecular formula is C15H29NS. The highest BCUT2D eigenvalue weighted by Crippen LogP contribution is 2.39. The Morgan fingerprint density at radius 1 is 1.06 bits per heavy atom. The van der Waals surface area contributed by atoms with Crippen LogP contribution in [-0.4, -0.2) is 4.98 Å². The molecule has 0 aliphatic rings. The Bertz CT molecular complexity index is 368. The van der Waals surface area contributed by atoms with Gasteiger partial charge in [-0.2, -0.15) is 0 Å². The second-order valence-electron chi connectivity index (χ2n) is 6.70. The molecule has 1 heterocycles.